The van der Waals surface area contributed by atoms with Crippen LogP contribution < -0.4 is 5.32 Å². The Kier molecular flexibility index (Phi) is 10.2. The van der Waals surface area contributed by atoms with E-state index in [-0.39, 0.29) is 17.9 Å². The molecule has 2 aromatic rings. The van der Waals surface area contributed by atoms with Crippen molar-refractivity contribution in [2.75, 3.05) is 5.75 Å². The maximum Gasteiger partial charge on any atom is 0.243 e. The number of amides is 2. The zero-order valence-corrected chi connectivity index (χ0v) is 20.7. The summed E-state index contributed by atoms with van der Waals surface area (Å²) in [7, 11) is 0. The monoisotopic (exact) mass is 510 g/mol. The number of rotatable bonds is 10. The molecule has 0 aliphatic rings. The molecule has 0 saturated heterocycles. The predicted octanol–water partition coefficient (Wildman–Crippen LogP) is 5.67. The lowest BCUT2D eigenvalue weighted by atomic mass is 10.1. The Labute approximate surface area is 196 Å². The maximum atomic E-state index is 13.1. The smallest absolute Gasteiger partial charge is 0.243 e. The molecule has 0 heterocycles. The molecule has 1 N–H and O–H groups in total. The van der Waals surface area contributed by atoms with E-state index >= 15 is 0 Å². The molecule has 4 nitrogen and oxygen atoms in total. The highest BCUT2D eigenvalue weighted by Gasteiger charge is 2.28. The Morgan fingerprint density at radius 2 is 1.67 bits per heavy atom. The average Bonchev–Trinajstić information content (AvgIpc) is 2.70. The van der Waals surface area contributed by atoms with Crippen LogP contribution in [0.1, 0.15) is 38.3 Å². The third-order valence-electron chi connectivity index (χ3n) is 4.49. The summed E-state index contributed by atoms with van der Waals surface area (Å²) < 4.78 is 1.03. The Balaban J connectivity index is 2.11. The highest BCUT2D eigenvalue weighted by molar-refractivity contribution is 9.10. The van der Waals surface area contributed by atoms with Crippen molar-refractivity contribution in [3.05, 3.63) is 69.2 Å². The van der Waals surface area contributed by atoms with Gasteiger partial charge in [-0.25, -0.2) is 0 Å². The predicted molar refractivity (Wildman–Crippen MR) is 130 cm³/mol. The van der Waals surface area contributed by atoms with Gasteiger partial charge in [-0.1, -0.05) is 58.7 Å². The lowest BCUT2D eigenvalue weighted by molar-refractivity contribution is -0.139. The summed E-state index contributed by atoms with van der Waals surface area (Å²) >= 11 is 11.0. The summed E-state index contributed by atoms with van der Waals surface area (Å²) in [6, 6.07) is 15.0. The van der Waals surface area contributed by atoms with Crippen LogP contribution >= 0.6 is 39.3 Å². The zero-order chi connectivity index (χ0) is 22.1. The standard InChI is InChI=1S/C23H28BrClN2O2S/c1-4-21(23(29)26-16(2)3)27(13-17-7-11-20(25)12-8-17)22(28)15-30-14-18-5-9-19(24)10-6-18/h5-12,16,21H,4,13-15H2,1-3H3,(H,26,29)/t21-/m0/s1. The third kappa shape index (κ3) is 7.97. The Hall–Kier alpha value is -1.50. The SMILES string of the molecule is CC[C@@H](C(=O)NC(C)C)N(Cc1ccc(Cl)cc1)C(=O)CSCc1ccc(Br)cc1. The second-order valence-corrected chi connectivity index (χ2v) is 9.69. The van der Waals surface area contributed by atoms with Gasteiger partial charge in [-0.2, -0.15) is 0 Å². The van der Waals surface area contributed by atoms with Crippen LogP contribution in [-0.4, -0.2) is 34.6 Å². The molecule has 30 heavy (non-hydrogen) atoms. The van der Waals surface area contributed by atoms with Crippen LogP contribution in [0.25, 0.3) is 0 Å². The van der Waals surface area contributed by atoms with Crippen LogP contribution in [0.3, 0.4) is 0 Å². The van der Waals surface area contributed by atoms with Gasteiger partial charge in [0.1, 0.15) is 6.04 Å². The van der Waals surface area contributed by atoms with Gasteiger partial charge in [-0.05, 0) is 55.7 Å². The first-order valence-electron chi connectivity index (χ1n) is 9.96. The molecule has 7 heteroatoms. The van der Waals surface area contributed by atoms with Gasteiger partial charge in [0.15, 0.2) is 0 Å². The van der Waals surface area contributed by atoms with E-state index in [0.717, 1.165) is 21.4 Å². The van der Waals surface area contributed by atoms with Crippen molar-refractivity contribution < 1.29 is 9.59 Å². The highest BCUT2D eigenvalue weighted by Crippen LogP contribution is 2.19. The minimum Gasteiger partial charge on any atom is -0.352 e. The third-order valence-corrected chi connectivity index (χ3v) is 6.26. The fraction of sp³-hybridized carbons (Fsp3) is 0.391. The average molecular weight is 512 g/mol. The maximum absolute atomic E-state index is 13.1. The van der Waals surface area contributed by atoms with E-state index in [1.807, 2.05) is 57.2 Å². The fourth-order valence-corrected chi connectivity index (χ4v) is 4.27. The molecule has 0 aromatic heterocycles. The first-order valence-corrected chi connectivity index (χ1v) is 12.3. The van der Waals surface area contributed by atoms with E-state index in [1.54, 1.807) is 28.8 Å². The molecule has 0 spiro atoms. The van der Waals surface area contributed by atoms with Crippen molar-refractivity contribution in [2.45, 2.75) is 51.6 Å². The lowest BCUT2D eigenvalue weighted by Crippen LogP contribution is -2.50. The number of halogens is 2. The number of thioether (sulfide) groups is 1. The molecule has 1 atom stereocenters. The van der Waals surface area contributed by atoms with Crippen molar-refractivity contribution in [2.24, 2.45) is 0 Å². The quantitative estimate of drug-likeness (QED) is 0.447. The molecule has 2 amide bonds. The summed E-state index contributed by atoms with van der Waals surface area (Å²) in [6.45, 7) is 6.15. The summed E-state index contributed by atoms with van der Waals surface area (Å²) in [5.74, 6) is 0.892. The van der Waals surface area contributed by atoms with E-state index < -0.39 is 6.04 Å². The summed E-state index contributed by atoms with van der Waals surface area (Å²) in [6.07, 6.45) is 0.551. The van der Waals surface area contributed by atoms with Crippen LogP contribution in [0.2, 0.25) is 5.02 Å². The Bertz CT molecular complexity index is 828. The number of benzene rings is 2. The lowest BCUT2D eigenvalue weighted by Gasteiger charge is -2.31. The highest BCUT2D eigenvalue weighted by atomic mass is 79.9. The van der Waals surface area contributed by atoms with Gasteiger partial charge in [-0.15, -0.1) is 11.8 Å². The van der Waals surface area contributed by atoms with Crippen LogP contribution in [-0.2, 0) is 21.9 Å². The van der Waals surface area contributed by atoms with E-state index in [4.69, 9.17) is 11.6 Å². The van der Waals surface area contributed by atoms with E-state index in [0.29, 0.717) is 23.7 Å². The van der Waals surface area contributed by atoms with Gasteiger partial charge in [0, 0.05) is 27.8 Å². The second kappa shape index (κ2) is 12.4. The van der Waals surface area contributed by atoms with Crippen molar-refractivity contribution >= 4 is 51.1 Å². The van der Waals surface area contributed by atoms with Crippen molar-refractivity contribution in [3.8, 4) is 0 Å². The first-order chi connectivity index (χ1) is 14.3. The molecule has 0 unspecified atom stereocenters. The van der Waals surface area contributed by atoms with E-state index in [2.05, 4.69) is 21.2 Å². The van der Waals surface area contributed by atoms with Gasteiger partial charge in [0.05, 0.1) is 5.75 Å². The molecule has 0 bridgehead atoms. The molecule has 2 rings (SSSR count). The number of hydrogen-bond donors (Lipinski definition) is 1. The molecular formula is C23H28BrClN2O2S. The Morgan fingerprint density at radius 3 is 2.23 bits per heavy atom. The van der Waals surface area contributed by atoms with Crippen molar-refractivity contribution in [1.82, 2.24) is 10.2 Å². The van der Waals surface area contributed by atoms with Crippen molar-refractivity contribution in [3.63, 3.8) is 0 Å². The normalized spacial score (nSPS) is 11.9. The zero-order valence-electron chi connectivity index (χ0n) is 17.5. The van der Waals surface area contributed by atoms with Crippen molar-refractivity contribution in [1.29, 1.82) is 0 Å². The van der Waals surface area contributed by atoms with Gasteiger partial charge in [0.2, 0.25) is 11.8 Å². The second-order valence-electron chi connectivity index (χ2n) is 7.35. The van der Waals surface area contributed by atoms with Crippen LogP contribution in [0.15, 0.2) is 53.0 Å². The largest absolute Gasteiger partial charge is 0.352 e. The number of hydrogen-bond acceptors (Lipinski definition) is 3. The van der Waals surface area contributed by atoms with Gasteiger partial charge in [-0.3, -0.25) is 9.59 Å². The molecule has 0 aliphatic heterocycles. The fourth-order valence-electron chi connectivity index (χ4n) is 3.01. The van der Waals surface area contributed by atoms with Crippen LogP contribution in [0, 0.1) is 0 Å². The van der Waals surface area contributed by atoms with Gasteiger partial charge in [0.25, 0.3) is 0 Å². The molecule has 0 radical (unpaired) electrons. The Morgan fingerprint density at radius 1 is 1.07 bits per heavy atom. The van der Waals surface area contributed by atoms with E-state index in [9.17, 15) is 9.59 Å². The number of carbonyl (C=O) groups excluding carboxylic acids is 2. The minimum absolute atomic E-state index is 0.0193. The molecule has 0 saturated carbocycles. The summed E-state index contributed by atoms with van der Waals surface area (Å²) in [5, 5.41) is 3.59. The van der Waals surface area contributed by atoms with Crippen LogP contribution in [0.5, 0.6) is 0 Å². The first kappa shape index (κ1) is 24.8. The summed E-state index contributed by atoms with van der Waals surface area (Å²) in [4.78, 5) is 27.6. The topological polar surface area (TPSA) is 49.4 Å². The number of nitrogens with one attached hydrogen (secondary N) is 1. The molecule has 2 aromatic carbocycles. The minimum atomic E-state index is -0.510. The molecule has 162 valence electrons. The molecule has 0 aliphatic carbocycles. The number of carbonyl (C=O) groups is 2. The molecular weight excluding hydrogens is 484 g/mol. The van der Waals surface area contributed by atoms with Gasteiger partial charge >= 0.3 is 0 Å². The van der Waals surface area contributed by atoms with E-state index in [1.165, 1.54) is 0 Å². The summed E-state index contributed by atoms with van der Waals surface area (Å²) in [5.41, 5.74) is 2.10. The van der Waals surface area contributed by atoms with Crippen LogP contribution in [0.4, 0.5) is 0 Å². The van der Waals surface area contributed by atoms with Gasteiger partial charge < -0.3 is 10.2 Å². The number of nitrogens with zero attached hydrogens (tertiary/aromatic N) is 1. The molecule has 0 fully saturated rings.